The fourth-order valence-electron chi connectivity index (χ4n) is 4.29. The van der Waals surface area contributed by atoms with Crippen LogP contribution in [0.25, 0.3) is 11.3 Å². The van der Waals surface area contributed by atoms with Gasteiger partial charge in [-0.2, -0.15) is 0 Å². The van der Waals surface area contributed by atoms with Crippen molar-refractivity contribution in [1.29, 1.82) is 0 Å². The Morgan fingerprint density at radius 2 is 1.65 bits per heavy atom. The SMILES string of the molecule is Cc1ccc(N(CC(=O)Nc2ccc(-c3cocn3)cc2)C(=O)C2CCC(C(N)=O)CC2)cc1. The molecule has 0 aliphatic heterocycles. The van der Waals surface area contributed by atoms with Crippen molar-refractivity contribution >= 4 is 29.1 Å². The van der Waals surface area contributed by atoms with Crippen molar-refractivity contribution in [3.05, 3.63) is 66.8 Å². The van der Waals surface area contributed by atoms with Crippen LogP contribution in [0.1, 0.15) is 31.2 Å². The molecule has 0 spiro atoms. The lowest BCUT2D eigenvalue weighted by atomic mass is 9.81. The van der Waals surface area contributed by atoms with E-state index in [0.29, 0.717) is 42.8 Å². The summed E-state index contributed by atoms with van der Waals surface area (Å²) in [5.74, 6) is -1.14. The van der Waals surface area contributed by atoms with Gasteiger partial charge in [-0.15, -0.1) is 0 Å². The van der Waals surface area contributed by atoms with Crippen LogP contribution in [0.3, 0.4) is 0 Å². The molecule has 1 aromatic heterocycles. The van der Waals surface area contributed by atoms with Gasteiger partial charge in [-0.25, -0.2) is 4.98 Å². The van der Waals surface area contributed by atoms with Crippen LogP contribution in [0.15, 0.2) is 65.6 Å². The minimum absolute atomic E-state index is 0.108. The number of aromatic nitrogens is 1. The van der Waals surface area contributed by atoms with Gasteiger partial charge in [0.15, 0.2) is 6.39 Å². The molecule has 1 saturated carbocycles. The van der Waals surface area contributed by atoms with Gasteiger partial charge in [0, 0.05) is 28.8 Å². The molecule has 4 rings (SSSR count). The van der Waals surface area contributed by atoms with Crippen LogP contribution in [-0.4, -0.2) is 29.3 Å². The van der Waals surface area contributed by atoms with E-state index in [2.05, 4.69) is 10.3 Å². The molecule has 34 heavy (non-hydrogen) atoms. The van der Waals surface area contributed by atoms with Crippen molar-refractivity contribution in [2.45, 2.75) is 32.6 Å². The Hall–Kier alpha value is -3.94. The minimum Gasteiger partial charge on any atom is -0.451 e. The molecule has 3 amide bonds. The number of hydrogen-bond donors (Lipinski definition) is 2. The highest BCUT2D eigenvalue weighted by Gasteiger charge is 2.32. The summed E-state index contributed by atoms with van der Waals surface area (Å²) >= 11 is 0. The molecule has 0 bridgehead atoms. The van der Waals surface area contributed by atoms with Gasteiger partial charge in [-0.05, 0) is 56.9 Å². The fraction of sp³-hybridized carbons (Fsp3) is 0.308. The van der Waals surface area contributed by atoms with E-state index in [9.17, 15) is 14.4 Å². The van der Waals surface area contributed by atoms with E-state index in [1.807, 2.05) is 43.3 Å². The molecule has 0 unspecified atom stereocenters. The summed E-state index contributed by atoms with van der Waals surface area (Å²) in [5.41, 5.74) is 9.37. The molecule has 3 aromatic rings. The second kappa shape index (κ2) is 10.3. The van der Waals surface area contributed by atoms with Gasteiger partial charge in [0.1, 0.15) is 18.5 Å². The van der Waals surface area contributed by atoms with Crippen molar-refractivity contribution in [3.8, 4) is 11.3 Å². The first-order valence-corrected chi connectivity index (χ1v) is 11.4. The molecule has 3 N–H and O–H groups in total. The zero-order valence-corrected chi connectivity index (χ0v) is 19.1. The van der Waals surface area contributed by atoms with Gasteiger partial charge in [-0.1, -0.05) is 29.8 Å². The zero-order chi connectivity index (χ0) is 24.1. The molecule has 8 heteroatoms. The van der Waals surface area contributed by atoms with Crippen molar-refractivity contribution < 1.29 is 18.8 Å². The average molecular weight is 461 g/mol. The number of nitrogens with one attached hydrogen (secondary N) is 1. The average Bonchev–Trinajstić information content (AvgIpc) is 3.38. The topological polar surface area (TPSA) is 119 Å². The lowest BCUT2D eigenvalue weighted by molar-refractivity contribution is -0.128. The van der Waals surface area contributed by atoms with Gasteiger partial charge in [0.25, 0.3) is 0 Å². The Balaban J connectivity index is 1.46. The monoisotopic (exact) mass is 460 g/mol. The van der Waals surface area contributed by atoms with E-state index in [0.717, 1.165) is 11.1 Å². The number of amides is 3. The summed E-state index contributed by atoms with van der Waals surface area (Å²) in [5, 5.41) is 2.87. The smallest absolute Gasteiger partial charge is 0.244 e. The number of carbonyl (C=O) groups is 3. The third-order valence-corrected chi connectivity index (χ3v) is 6.29. The summed E-state index contributed by atoms with van der Waals surface area (Å²) in [6.45, 7) is 1.86. The molecular weight excluding hydrogens is 432 g/mol. The number of aryl methyl sites for hydroxylation is 1. The molecule has 1 fully saturated rings. The third-order valence-electron chi connectivity index (χ3n) is 6.29. The van der Waals surface area contributed by atoms with Crippen LogP contribution >= 0.6 is 0 Å². The number of oxazole rings is 1. The second-order valence-corrected chi connectivity index (χ2v) is 8.71. The van der Waals surface area contributed by atoms with Crippen LogP contribution in [0, 0.1) is 18.8 Å². The molecule has 0 atom stereocenters. The lowest BCUT2D eigenvalue weighted by Crippen LogP contribution is -2.43. The number of benzene rings is 2. The van der Waals surface area contributed by atoms with E-state index in [1.165, 1.54) is 11.3 Å². The predicted molar refractivity (Wildman–Crippen MR) is 129 cm³/mol. The van der Waals surface area contributed by atoms with E-state index < -0.39 is 0 Å². The molecule has 1 aliphatic rings. The Labute approximate surface area is 198 Å². The summed E-state index contributed by atoms with van der Waals surface area (Å²) in [6, 6.07) is 14.8. The van der Waals surface area contributed by atoms with Gasteiger partial charge < -0.3 is 20.4 Å². The van der Waals surface area contributed by atoms with Crippen LogP contribution in [0.2, 0.25) is 0 Å². The molecule has 1 heterocycles. The fourth-order valence-corrected chi connectivity index (χ4v) is 4.29. The molecule has 1 aliphatic carbocycles. The number of anilines is 2. The number of primary amides is 1. The number of carbonyl (C=O) groups excluding carboxylic acids is 3. The maximum absolute atomic E-state index is 13.4. The second-order valence-electron chi connectivity index (χ2n) is 8.71. The van der Waals surface area contributed by atoms with Gasteiger partial charge >= 0.3 is 0 Å². The van der Waals surface area contributed by atoms with E-state index in [-0.39, 0.29) is 36.1 Å². The maximum Gasteiger partial charge on any atom is 0.244 e. The Bertz CT molecular complexity index is 1130. The van der Waals surface area contributed by atoms with E-state index >= 15 is 0 Å². The van der Waals surface area contributed by atoms with E-state index in [4.69, 9.17) is 10.2 Å². The maximum atomic E-state index is 13.4. The quantitative estimate of drug-likeness (QED) is 0.554. The summed E-state index contributed by atoms with van der Waals surface area (Å²) in [4.78, 5) is 43.5. The van der Waals surface area contributed by atoms with Crippen molar-refractivity contribution in [2.24, 2.45) is 17.6 Å². The molecule has 2 aromatic carbocycles. The van der Waals surface area contributed by atoms with Crippen LogP contribution in [0.5, 0.6) is 0 Å². The van der Waals surface area contributed by atoms with E-state index in [1.54, 1.807) is 18.4 Å². The largest absolute Gasteiger partial charge is 0.451 e. The van der Waals surface area contributed by atoms with Crippen LogP contribution in [-0.2, 0) is 14.4 Å². The van der Waals surface area contributed by atoms with Crippen LogP contribution in [0.4, 0.5) is 11.4 Å². The first-order valence-electron chi connectivity index (χ1n) is 11.4. The highest BCUT2D eigenvalue weighted by Crippen LogP contribution is 2.31. The number of hydrogen-bond acceptors (Lipinski definition) is 5. The Kier molecular flexibility index (Phi) is 7.06. The van der Waals surface area contributed by atoms with Gasteiger partial charge in [0.2, 0.25) is 17.7 Å². The van der Waals surface area contributed by atoms with Crippen molar-refractivity contribution in [1.82, 2.24) is 4.98 Å². The third kappa shape index (κ3) is 5.51. The summed E-state index contributed by atoms with van der Waals surface area (Å²) in [6.07, 6.45) is 5.27. The number of rotatable bonds is 7. The van der Waals surface area contributed by atoms with Crippen molar-refractivity contribution in [3.63, 3.8) is 0 Å². The summed E-state index contributed by atoms with van der Waals surface area (Å²) in [7, 11) is 0. The lowest BCUT2D eigenvalue weighted by Gasteiger charge is -2.31. The Morgan fingerprint density at radius 1 is 1.00 bits per heavy atom. The van der Waals surface area contributed by atoms with Gasteiger partial charge in [-0.3, -0.25) is 14.4 Å². The molecule has 176 valence electrons. The normalized spacial score (nSPS) is 17.7. The highest BCUT2D eigenvalue weighted by molar-refractivity contribution is 6.03. The first kappa shape index (κ1) is 23.2. The molecular formula is C26H28N4O4. The van der Waals surface area contributed by atoms with Gasteiger partial charge in [0.05, 0.1) is 0 Å². The zero-order valence-electron chi connectivity index (χ0n) is 19.1. The van der Waals surface area contributed by atoms with Crippen LogP contribution < -0.4 is 16.0 Å². The molecule has 0 radical (unpaired) electrons. The number of nitrogens with zero attached hydrogens (tertiary/aromatic N) is 2. The van der Waals surface area contributed by atoms with Crippen molar-refractivity contribution in [2.75, 3.05) is 16.8 Å². The highest BCUT2D eigenvalue weighted by atomic mass is 16.3. The summed E-state index contributed by atoms with van der Waals surface area (Å²) < 4.78 is 5.01. The number of nitrogens with two attached hydrogens (primary N) is 1. The Morgan fingerprint density at radius 3 is 2.24 bits per heavy atom. The molecule has 0 saturated heterocycles. The minimum atomic E-state index is -0.310. The molecule has 8 nitrogen and oxygen atoms in total. The standard InChI is InChI=1S/C26H28N4O4/c1-17-2-12-22(13-3-17)30(26(33)20-6-4-19(5-7-20)25(27)32)14-24(31)29-21-10-8-18(9-11-21)23-15-34-16-28-23/h2-3,8-13,15-16,19-20H,4-7,14H2,1H3,(H2,27,32)(H,29,31). The first-order chi connectivity index (χ1) is 16.4. The predicted octanol–water partition coefficient (Wildman–Crippen LogP) is 3.91.